The molecule has 6 heteroatoms. The third-order valence-electron chi connectivity index (χ3n) is 4.33. The van der Waals surface area contributed by atoms with Crippen LogP contribution in [0.15, 0.2) is 48.5 Å². The summed E-state index contributed by atoms with van der Waals surface area (Å²) in [6, 6.07) is 17.1. The topological polar surface area (TPSA) is 56.1 Å². The number of amides is 2. The number of rotatable bonds is 3. The lowest BCUT2D eigenvalue weighted by Gasteiger charge is -2.21. The van der Waals surface area contributed by atoms with Crippen molar-refractivity contribution < 1.29 is 4.79 Å². The van der Waals surface area contributed by atoms with Crippen molar-refractivity contribution in [2.24, 2.45) is 0 Å². The molecule has 1 saturated heterocycles. The molecular formula is C20H20ClN3OS. The van der Waals surface area contributed by atoms with Crippen molar-refractivity contribution in [3.8, 4) is 6.07 Å². The maximum absolute atomic E-state index is 12.4. The molecule has 134 valence electrons. The lowest BCUT2D eigenvalue weighted by molar-refractivity contribution is 0.216. The number of thioether (sulfide) groups is 1. The third kappa shape index (κ3) is 4.51. The minimum atomic E-state index is -0.434. The van der Waals surface area contributed by atoms with E-state index in [1.165, 1.54) is 0 Å². The van der Waals surface area contributed by atoms with Crippen LogP contribution in [0.3, 0.4) is 0 Å². The average molecular weight is 386 g/mol. The smallest absolute Gasteiger partial charge is 0.321 e. The van der Waals surface area contributed by atoms with Gasteiger partial charge in [0.25, 0.3) is 0 Å². The molecule has 2 aromatic carbocycles. The number of halogens is 1. The summed E-state index contributed by atoms with van der Waals surface area (Å²) in [6.07, 6.45) is 1.01. The average Bonchev–Trinajstić information content (AvgIpc) is 2.94. The van der Waals surface area contributed by atoms with Crippen LogP contribution in [0.1, 0.15) is 23.5 Å². The highest BCUT2D eigenvalue weighted by atomic mass is 35.5. The van der Waals surface area contributed by atoms with Gasteiger partial charge >= 0.3 is 6.03 Å². The molecule has 0 bridgehead atoms. The Bertz CT molecular complexity index is 798. The monoisotopic (exact) mass is 385 g/mol. The zero-order valence-corrected chi connectivity index (χ0v) is 15.9. The number of hydrogen-bond acceptors (Lipinski definition) is 3. The molecule has 1 aliphatic rings. The van der Waals surface area contributed by atoms with Crippen molar-refractivity contribution in [1.29, 1.82) is 5.26 Å². The standard InChI is InChI=1S/C20H20ClN3OS/c21-19-13-16(23-20(25)24-9-4-11-26-12-10-24)7-8-17(19)18(14-22)15-5-2-1-3-6-15/h1-3,5-8,13,18H,4,9-12H2,(H,23,25)/t18-/m0/s1. The maximum Gasteiger partial charge on any atom is 0.321 e. The fourth-order valence-corrected chi connectivity index (χ4v) is 4.14. The number of urea groups is 1. The van der Waals surface area contributed by atoms with Gasteiger partial charge in [0.05, 0.1) is 12.0 Å². The molecule has 26 heavy (non-hydrogen) atoms. The number of anilines is 1. The van der Waals surface area contributed by atoms with Gasteiger partial charge in [-0.25, -0.2) is 4.79 Å². The molecule has 1 aliphatic heterocycles. The second-order valence-corrected chi connectivity index (χ2v) is 7.72. The van der Waals surface area contributed by atoms with Gasteiger partial charge in [0.1, 0.15) is 0 Å². The summed E-state index contributed by atoms with van der Waals surface area (Å²) >= 11 is 8.31. The van der Waals surface area contributed by atoms with E-state index in [0.29, 0.717) is 10.7 Å². The van der Waals surface area contributed by atoms with E-state index in [-0.39, 0.29) is 6.03 Å². The van der Waals surface area contributed by atoms with E-state index in [9.17, 15) is 10.1 Å². The van der Waals surface area contributed by atoms with Crippen LogP contribution < -0.4 is 5.32 Å². The fourth-order valence-electron chi connectivity index (χ4n) is 2.96. The Kier molecular flexibility index (Phi) is 6.43. The Morgan fingerprint density at radius 2 is 2.00 bits per heavy atom. The van der Waals surface area contributed by atoms with Crippen LogP contribution in [0.4, 0.5) is 10.5 Å². The summed E-state index contributed by atoms with van der Waals surface area (Å²) in [5, 5.41) is 13.0. The van der Waals surface area contributed by atoms with Crippen LogP contribution in [0.2, 0.25) is 5.02 Å². The number of benzene rings is 2. The van der Waals surface area contributed by atoms with Crippen LogP contribution in [0.5, 0.6) is 0 Å². The zero-order chi connectivity index (χ0) is 18.4. The van der Waals surface area contributed by atoms with Crippen molar-refractivity contribution >= 4 is 35.1 Å². The largest absolute Gasteiger partial charge is 0.324 e. The molecule has 2 aromatic rings. The first-order valence-corrected chi connectivity index (χ1v) is 10.1. The molecule has 2 amide bonds. The normalized spacial score (nSPS) is 15.6. The number of carbonyl (C=O) groups is 1. The number of nitrogens with one attached hydrogen (secondary N) is 1. The second-order valence-electron chi connectivity index (χ2n) is 6.09. The van der Waals surface area contributed by atoms with Crippen molar-refractivity contribution in [3.63, 3.8) is 0 Å². The van der Waals surface area contributed by atoms with Gasteiger partial charge in [-0.05, 0) is 35.4 Å². The van der Waals surface area contributed by atoms with Gasteiger partial charge in [-0.2, -0.15) is 17.0 Å². The van der Waals surface area contributed by atoms with Crippen molar-refractivity contribution in [2.45, 2.75) is 12.3 Å². The minimum absolute atomic E-state index is 0.101. The highest BCUT2D eigenvalue weighted by molar-refractivity contribution is 7.99. The van der Waals surface area contributed by atoms with Crippen molar-refractivity contribution in [2.75, 3.05) is 29.9 Å². The Labute approximate surface area is 163 Å². The van der Waals surface area contributed by atoms with Gasteiger partial charge in [0, 0.05) is 29.6 Å². The van der Waals surface area contributed by atoms with Gasteiger partial charge in [-0.1, -0.05) is 48.0 Å². The van der Waals surface area contributed by atoms with E-state index in [2.05, 4.69) is 11.4 Å². The Morgan fingerprint density at radius 3 is 2.73 bits per heavy atom. The van der Waals surface area contributed by atoms with Gasteiger partial charge in [0.15, 0.2) is 0 Å². The predicted molar refractivity (Wildman–Crippen MR) is 108 cm³/mol. The number of carbonyl (C=O) groups excluding carboxylic acids is 1. The van der Waals surface area contributed by atoms with E-state index < -0.39 is 5.92 Å². The molecule has 1 N–H and O–H groups in total. The molecule has 3 rings (SSSR count). The van der Waals surface area contributed by atoms with E-state index in [0.717, 1.165) is 42.1 Å². The second kappa shape index (κ2) is 8.98. The van der Waals surface area contributed by atoms with Gasteiger partial charge in [-0.15, -0.1) is 0 Å². The molecule has 0 radical (unpaired) electrons. The molecule has 1 atom stereocenters. The first-order chi connectivity index (χ1) is 12.7. The van der Waals surface area contributed by atoms with Crippen LogP contribution in [-0.4, -0.2) is 35.5 Å². The van der Waals surface area contributed by atoms with Crippen LogP contribution in [0, 0.1) is 11.3 Å². The number of nitrogens with zero attached hydrogens (tertiary/aromatic N) is 2. The third-order valence-corrected chi connectivity index (χ3v) is 5.71. The lowest BCUT2D eigenvalue weighted by Crippen LogP contribution is -2.36. The summed E-state index contributed by atoms with van der Waals surface area (Å²) in [7, 11) is 0. The molecule has 4 nitrogen and oxygen atoms in total. The quantitative estimate of drug-likeness (QED) is 0.811. The van der Waals surface area contributed by atoms with Crippen molar-refractivity contribution in [3.05, 3.63) is 64.7 Å². The SMILES string of the molecule is N#C[C@@H](c1ccccc1)c1ccc(NC(=O)N2CCCSCC2)cc1Cl. The molecule has 0 aliphatic carbocycles. The van der Waals surface area contributed by atoms with Crippen LogP contribution in [0.25, 0.3) is 0 Å². The summed E-state index contributed by atoms with van der Waals surface area (Å²) in [5.41, 5.74) is 2.28. The Hall–Kier alpha value is -2.16. The molecular weight excluding hydrogens is 366 g/mol. The molecule has 1 heterocycles. The molecule has 0 unspecified atom stereocenters. The summed E-state index contributed by atoms with van der Waals surface area (Å²) < 4.78 is 0. The first kappa shape index (κ1) is 18.6. The predicted octanol–water partition coefficient (Wildman–Crippen LogP) is 4.97. The van der Waals surface area contributed by atoms with Gasteiger partial charge in [-0.3, -0.25) is 0 Å². The Balaban J connectivity index is 1.75. The van der Waals surface area contributed by atoms with E-state index in [1.807, 2.05) is 53.1 Å². The van der Waals surface area contributed by atoms with Crippen LogP contribution in [-0.2, 0) is 0 Å². The molecule has 1 fully saturated rings. The van der Waals surface area contributed by atoms with E-state index in [4.69, 9.17) is 11.6 Å². The molecule has 0 aromatic heterocycles. The fraction of sp³-hybridized carbons (Fsp3) is 0.300. The maximum atomic E-state index is 12.4. The molecule has 0 saturated carbocycles. The highest BCUT2D eigenvalue weighted by Crippen LogP contribution is 2.31. The lowest BCUT2D eigenvalue weighted by atomic mass is 9.92. The van der Waals surface area contributed by atoms with E-state index in [1.54, 1.807) is 12.1 Å². The Morgan fingerprint density at radius 1 is 1.19 bits per heavy atom. The first-order valence-electron chi connectivity index (χ1n) is 8.56. The number of hydrogen-bond donors (Lipinski definition) is 1. The highest BCUT2D eigenvalue weighted by Gasteiger charge is 2.19. The van der Waals surface area contributed by atoms with Gasteiger partial charge < -0.3 is 10.2 Å². The molecule has 0 spiro atoms. The number of nitriles is 1. The summed E-state index contributed by atoms with van der Waals surface area (Å²) in [4.78, 5) is 14.3. The van der Waals surface area contributed by atoms with Crippen molar-refractivity contribution in [1.82, 2.24) is 4.90 Å². The summed E-state index contributed by atoms with van der Waals surface area (Å²) in [6.45, 7) is 1.53. The van der Waals surface area contributed by atoms with Crippen LogP contribution >= 0.6 is 23.4 Å². The van der Waals surface area contributed by atoms with Gasteiger partial charge in [0.2, 0.25) is 0 Å². The minimum Gasteiger partial charge on any atom is -0.324 e. The van der Waals surface area contributed by atoms with E-state index >= 15 is 0 Å². The zero-order valence-electron chi connectivity index (χ0n) is 14.3. The summed E-state index contributed by atoms with van der Waals surface area (Å²) in [5.74, 6) is 1.63.